The molecule has 0 aliphatic carbocycles. The maximum Gasteiger partial charge on any atom is 0.193 e. The van der Waals surface area contributed by atoms with E-state index in [4.69, 9.17) is 10.5 Å². The van der Waals surface area contributed by atoms with Gasteiger partial charge in [-0.15, -0.1) is 0 Å². The van der Waals surface area contributed by atoms with E-state index < -0.39 is 0 Å². The summed E-state index contributed by atoms with van der Waals surface area (Å²) in [5.74, 6) is 1.34. The molecule has 2 aromatic rings. The monoisotopic (exact) mass is 361 g/mol. The van der Waals surface area contributed by atoms with E-state index in [9.17, 15) is 0 Å². The lowest BCUT2D eigenvalue weighted by Crippen LogP contribution is -2.22. The van der Waals surface area contributed by atoms with E-state index in [1.54, 1.807) is 7.11 Å². The van der Waals surface area contributed by atoms with Gasteiger partial charge in [-0.25, -0.2) is 0 Å². The first-order valence-corrected chi connectivity index (χ1v) is 7.93. The van der Waals surface area contributed by atoms with Gasteiger partial charge in [0.15, 0.2) is 5.96 Å². The highest BCUT2D eigenvalue weighted by Crippen LogP contribution is 2.24. The Morgan fingerprint density at radius 2 is 2.00 bits per heavy atom. The summed E-state index contributed by atoms with van der Waals surface area (Å²) in [6, 6.07) is 15.8. The molecule has 116 valence electrons. The van der Waals surface area contributed by atoms with Crippen LogP contribution < -0.4 is 15.8 Å². The third-order valence-electron chi connectivity index (χ3n) is 3.18. The second-order valence-electron chi connectivity index (χ2n) is 4.82. The van der Waals surface area contributed by atoms with E-state index in [-0.39, 0.29) is 0 Å². The smallest absolute Gasteiger partial charge is 0.193 e. The van der Waals surface area contributed by atoms with E-state index in [1.165, 1.54) is 5.56 Å². The Morgan fingerprint density at radius 3 is 2.73 bits per heavy atom. The number of aryl methyl sites for hydroxylation is 1. The second-order valence-corrected chi connectivity index (χ2v) is 5.73. The average Bonchev–Trinajstić information content (AvgIpc) is 2.53. The van der Waals surface area contributed by atoms with E-state index in [2.05, 4.69) is 32.3 Å². The van der Waals surface area contributed by atoms with Gasteiger partial charge in [-0.2, -0.15) is 0 Å². The van der Waals surface area contributed by atoms with Crippen molar-refractivity contribution in [3.8, 4) is 5.75 Å². The molecule has 0 radical (unpaired) electrons. The molecule has 3 N–H and O–H groups in total. The fourth-order valence-electron chi connectivity index (χ4n) is 2.10. The van der Waals surface area contributed by atoms with Crippen molar-refractivity contribution in [3.63, 3.8) is 0 Å². The van der Waals surface area contributed by atoms with Crippen LogP contribution in [0, 0.1) is 0 Å². The maximum absolute atomic E-state index is 5.87. The number of nitrogens with two attached hydrogens (primary N) is 1. The molecule has 0 aliphatic heterocycles. The standard InChI is InChI=1S/C17H20BrN3O/c1-22-16-12-14(18)10-9-13(16)6-5-11-20-17(19)21-15-7-3-2-4-8-15/h2-4,7-10,12H,5-6,11H2,1H3,(H3,19,20,21). The number of guanidine groups is 1. The third-order valence-corrected chi connectivity index (χ3v) is 3.67. The Morgan fingerprint density at radius 1 is 1.23 bits per heavy atom. The van der Waals surface area contributed by atoms with Crippen molar-refractivity contribution in [2.45, 2.75) is 12.8 Å². The Bertz CT molecular complexity index is 629. The van der Waals surface area contributed by atoms with Gasteiger partial charge < -0.3 is 15.8 Å². The van der Waals surface area contributed by atoms with Gasteiger partial charge in [0, 0.05) is 16.7 Å². The fourth-order valence-corrected chi connectivity index (χ4v) is 2.44. The van der Waals surface area contributed by atoms with Crippen LogP contribution in [0.25, 0.3) is 0 Å². The van der Waals surface area contributed by atoms with E-state index in [1.807, 2.05) is 42.5 Å². The Balaban J connectivity index is 1.82. The van der Waals surface area contributed by atoms with Crippen molar-refractivity contribution in [1.29, 1.82) is 0 Å². The number of hydrogen-bond acceptors (Lipinski definition) is 2. The van der Waals surface area contributed by atoms with Crippen LogP contribution in [0.1, 0.15) is 12.0 Å². The van der Waals surface area contributed by atoms with Crippen LogP contribution in [-0.2, 0) is 6.42 Å². The van der Waals surface area contributed by atoms with Gasteiger partial charge in [0.05, 0.1) is 7.11 Å². The fraction of sp³-hybridized carbons (Fsp3) is 0.235. The molecule has 0 atom stereocenters. The number of ether oxygens (including phenoxy) is 1. The molecule has 0 fully saturated rings. The highest BCUT2D eigenvalue weighted by Gasteiger charge is 2.03. The van der Waals surface area contributed by atoms with Gasteiger partial charge in [0.25, 0.3) is 0 Å². The highest BCUT2D eigenvalue weighted by atomic mass is 79.9. The first-order valence-electron chi connectivity index (χ1n) is 7.13. The molecule has 0 saturated carbocycles. The van der Waals surface area contributed by atoms with Crippen LogP contribution in [0.15, 0.2) is 58.0 Å². The zero-order chi connectivity index (χ0) is 15.8. The quantitative estimate of drug-likeness (QED) is 0.467. The molecule has 4 nitrogen and oxygen atoms in total. The molecule has 0 amide bonds. The SMILES string of the molecule is COc1cc(Br)ccc1CCCN=C(N)Nc1ccccc1. The lowest BCUT2D eigenvalue weighted by molar-refractivity contribution is 0.409. The number of benzene rings is 2. The van der Waals surface area contributed by atoms with Crippen molar-refractivity contribution >= 4 is 27.6 Å². The predicted molar refractivity (Wildman–Crippen MR) is 95.6 cm³/mol. The van der Waals surface area contributed by atoms with Crippen LogP contribution in [0.2, 0.25) is 0 Å². The van der Waals surface area contributed by atoms with Gasteiger partial charge in [0.2, 0.25) is 0 Å². The highest BCUT2D eigenvalue weighted by molar-refractivity contribution is 9.10. The zero-order valence-corrected chi connectivity index (χ0v) is 14.1. The summed E-state index contributed by atoms with van der Waals surface area (Å²) in [6.45, 7) is 0.672. The molecule has 0 heterocycles. The molecule has 0 aliphatic rings. The number of methoxy groups -OCH3 is 1. The molecule has 0 spiro atoms. The third kappa shape index (κ3) is 5.07. The van der Waals surface area contributed by atoms with Gasteiger partial charge in [-0.05, 0) is 42.7 Å². The number of nitrogens with zero attached hydrogens (tertiary/aromatic N) is 1. The molecule has 2 rings (SSSR count). The van der Waals surface area contributed by atoms with Crippen molar-refractivity contribution < 1.29 is 4.74 Å². The van der Waals surface area contributed by atoms with Gasteiger partial charge in [-0.1, -0.05) is 40.2 Å². The number of aliphatic imine (C=N–C) groups is 1. The van der Waals surface area contributed by atoms with Crippen molar-refractivity contribution in [1.82, 2.24) is 0 Å². The first kappa shape index (κ1) is 16.4. The Labute approximate surface area is 139 Å². The molecule has 2 aromatic carbocycles. The summed E-state index contributed by atoms with van der Waals surface area (Å²) < 4.78 is 6.40. The van der Waals surface area contributed by atoms with E-state index >= 15 is 0 Å². The second kappa shape index (κ2) is 8.44. The first-order chi connectivity index (χ1) is 10.7. The van der Waals surface area contributed by atoms with Gasteiger partial charge in [-0.3, -0.25) is 4.99 Å². The summed E-state index contributed by atoms with van der Waals surface area (Å²) in [6.07, 6.45) is 1.81. The molecule has 0 unspecified atom stereocenters. The molecular formula is C17H20BrN3O. The van der Waals surface area contributed by atoms with Crippen molar-refractivity contribution in [2.24, 2.45) is 10.7 Å². The summed E-state index contributed by atoms with van der Waals surface area (Å²) in [5.41, 5.74) is 7.99. The summed E-state index contributed by atoms with van der Waals surface area (Å²) in [4.78, 5) is 4.34. The van der Waals surface area contributed by atoms with E-state index in [0.717, 1.165) is 28.8 Å². The zero-order valence-electron chi connectivity index (χ0n) is 12.6. The van der Waals surface area contributed by atoms with E-state index in [0.29, 0.717) is 12.5 Å². The minimum absolute atomic E-state index is 0.439. The van der Waals surface area contributed by atoms with Crippen LogP contribution >= 0.6 is 15.9 Å². The maximum atomic E-state index is 5.87. The van der Waals surface area contributed by atoms with Gasteiger partial charge >= 0.3 is 0 Å². The summed E-state index contributed by atoms with van der Waals surface area (Å²) >= 11 is 3.44. The Kier molecular flexibility index (Phi) is 6.27. The molecular weight excluding hydrogens is 342 g/mol. The summed E-state index contributed by atoms with van der Waals surface area (Å²) in [5, 5.41) is 3.07. The molecule has 5 heteroatoms. The number of rotatable bonds is 6. The molecule has 0 aromatic heterocycles. The number of hydrogen-bond donors (Lipinski definition) is 2. The van der Waals surface area contributed by atoms with Gasteiger partial charge in [0.1, 0.15) is 5.75 Å². The van der Waals surface area contributed by atoms with Crippen molar-refractivity contribution in [3.05, 3.63) is 58.6 Å². The van der Waals surface area contributed by atoms with Crippen LogP contribution in [0.5, 0.6) is 5.75 Å². The molecule has 22 heavy (non-hydrogen) atoms. The number of anilines is 1. The normalized spacial score (nSPS) is 11.3. The Hall–Kier alpha value is -2.01. The molecule has 0 saturated heterocycles. The predicted octanol–water partition coefficient (Wildman–Crippen LogP) is 3.82. The number of para-hydroxylation sites is 1. The average molecular weight is 362 g/mol. The van der Waals surface area contributed by atoms with Crippen LogP contribution in [0.3, 0.4) is 0 Å². The largest absolute Gasteiger partial charge is 0.496 e. The molecule has 0 bridgehead atoms. The van der Waals surface area contributed by atoms with Crippen LogP contribution in [-0.4, -0.2) is 19.6 Å². The summed E-state index contributed by atoms with van der Waals surface area (Å²) in [7, 11) is 1.69. The minimum atomic E-state index is 0.439. The number of nitrogens with one attached hydrogen (secondary N) is 1. The lowest BCUT2D eigenvalue weighted by atomic mass is 10.1. The van der Waals surface area contributed by atoms with Crippen LogP contribution in [0.4, 0.5) is 5.69 Å². The number of halogens is 1. The van der Waals surface area contributed by atoms with Crippen molar-refractivity contribution in [2.75, 3.05) is 19.0 Å². The lowest BCUT2D eigenvalue weighted by Gasteiger charge is -2.08. The topological polar surface area (TPSA) is 59.6 Å². The minimum Gasteiger partial charge on any atom is -0.496 e.